The molecule has 0 aliphatic heterocycles. The van der Waals surface area contributed by atoms with E-state index in [1.807, 2.05) is 0 Å². The van der Waals surface area contributed by atoms with Gasteiger partial charge >= 0.3 is 6.18 Å². The maximum Gasteiger partial charge on any atom is 0.404 e. The number of hydrogen-bond acceptors (Lipinski definition) is 2. The summed E-state index contributed by atoms with van der Waals surface area (Å²) in [6.45, 7) is 1.96. The van der Waals surface area contributed by atoms with Crippen LogP contribution in [0.3, 0.4) is 0 Å². The van der Waals surface area contributed by atoms with Crippen molar-refractivity contribution in [3.8, 4) is 0 Å². The minimum Gasteiger partial charge on any atom is -0.396 e. The molecule has 5 heteroatoms. The Hall–Kier alpha value is -0.290. The zero-order valence-electron chi connectivity index (χ0n) is 6.44. The van der Waals surface area contributed by atoms with Gasteiger partial charge in [-0.1, -0.05) is 13.8 Å². The van der Waals surface area contributed by atoms with E-state index in [0.717, 1.165) is 0 Å². The summed E-state index contributed by atoms with van der Waals surface area (Å²) in [4.78, 5) is 0. The lowest BCUT2D eigenvalue weighted by Gasteiger charge is -2.30. The molecule has 2 nitrogen and oxygen atoms in total. The van der Waals surface area contributed by atoms with Crippen LogP contribution in [0.1, 0.15) is 13.8 Å². The van der Waals surface area contributed by atoms with Crippen LogP contribution in [0.4, 0.5) is 13.2 Å². The van der Waals surface area contributed by atoms with Gasteiger partial charge in [-0.25, -0.2) is 0 Å². The minimum absolute atomic E-state index is 0.576. The van der Waals surface area contributed by atoms with Crippen LogP contribution < -0.4 is 5.73 Å². The molecule has 0 amide bonds. The summed E-state index contributed by atoms with van der Waals surface area (Å²) in [7, 11) is 0. The van der Waals surface area contributed by atoms with Crippen molar-refractivity contribution in [1.82, 2.24) is 0 Å². The number of hydrogen-bond donors (Lipinski definition) is 2. The summed E-state index contributed by atoms with van der Waals surface area (Å²) in [6.07, 6.45) is -4.44. The molecule has 0 aliphatic rings. The average molecular weight is 171 g/mol. The number of nitrogens with two attached hydrogens (primary N) is 1. The molecule has 0 aromatic rings. The van der Waals surface area contributed by atoms with Crippen molar-refractivity contribution < 1.29 is 18.3 Å². The highest BCUT2D eigenvalue weighted by atomic mass is 19.4. The molecule has 0 fully saturated rings. The van der Waals surface area contributed by atoms with Crippen LogP contribution >= 0.6 is 0 Å². The lowest BCUT2D eigenvalue weighted by atomic mass is 9.85. The average Bonchev–Trinajstić information content (AvgIpc) is 1.84. The Morgan fingerprint density at radius 2 is 1.73 bits per heavy atom. The Labute approximate surface area is 63.2 Å². The van der Waals surface area contributed by atoms with E-state index in [-0.39, 0.29) is 0 Å². The molecule has 1 atom stereocenters. The zero-order chi connectivity index (χ0) is 9.28. The van der Waals surface area contributed by atoms with Crippen LogP contribution in [-0.4, -0.2) is 23.9 Å². The number of halogens is 3. The lowest BCUT2D eigenvalue weighted by Crippen LogP contribution is -2.50. The highest BCUT2D eigenvalue weighted by Crippen LogP contribution is 2.31. The van der Waals surface area contributed by atoms with Gasteiger partial charge in [-0.3, -0.25) is 0 Å². The summed E-state index contributed by atoms with van der Waals surface area (Å²) < 4.78 is 35.7. The van der Waals surface area contributed by atoms with Gasteiger partial charge in [0.1, 0.15) is 6.04 Å². The second kappa shape index (κ2) is 2.98. The molecule has 11 heavy (non-hydrogen) atoms. The molecule has 0 aromatic heterocycles. The Balaban J connectivity index is 4.35. The number of rotatable bonds is 2. The van der Waals surface area contributed by atoms with Gasteiger partial charge in [0.25, 0.3) is 0 Å². The van der Waals surface area contributed by atoms with Crippen LogP contribution in [0, 0.1) is 5.41 Å². The van der Waals surface area contributed by atoms with Gasteiger partial charge in [-0.2, -0.15) is 13.2 Å². The minimum atomic E-state index is -4.44. The molecule has 68 valence electrons. The van der Waals surface area contributed by atoms with Crippen molar-refractivity contribution in [3.05, 3.63) is 0 Å². The van der Waals surface area contributed by atoms with Gasteiger partial charge in [-0.15, -0.1) is 0 Å². The molecule has 0 spiro atoms. The van der Waals surface area contributed by atoms with E-state index in [4.69, 9.17) is 10.8 Å². The number of aliphatic hydroxyl groups excluding tert-OH is 1. The van der Waals surface area contributed by atoms with E-state index >= 15 is 0 Å². The molecule has 3 N–H and O–H groups in total. The summed E-state index contributed by atoms with van der Waals surface area (Å²) in [5, 5.41) is 8.55. The quantitative estimate of drug-likeness (QED) is 0.648. The van der Waals surface area contributed by atoms with Crippen molar-refractivity contribution in [1.29, 1.82) is 0 Å². The molecule has 0 aromatic carbocycles. The van der Waals surface area contributed by atoms with Crippen molar-refractivity contribution in [2.75, 3.05) is 6.61 Å². The van der Waals surface area contributed by atoms with Crippen molar-refractivity contribution in [3.63, 3.8) is 0 Å². The first-order valence-corrected chi connectivity index (χ1v) is 3.15. The Bertz CT molecular complexity index is 132. The maximum atomic E-state index is 11.9. The predicted octanol–water partition coefficient (Wildman–Crippen LogP) is 0.895. The van der Waals surface area contributed by atoms with Crippen molar-refractivity contribution >= 4 is 0 Å². The predicted molar refractivity (Wildman–Crippen MR) is 34.9 cm³/mol. The van der Waals surface area contributed by atoms with Gasteiger partial charge in [0.2, 0.25) is 0 Å². The van der Waals surface area contributed by atoms with E-state index in [1.54, 1.807) is 0 Å². The van der Waals surface area contributed by atoms with E-state index in [0.29, 0.717) is 0 Å². The molecule has 0 bridgehead atoms. The first-order chi connectivity index (χ1) is 4.72. The second-order valence-corrected chi connectivity index (χ2v) is 3.17. The molecule has 0 heterocycles. The fraction of sp³-hybridized carbons (Fsp3) is 1.00. The van der Waals surface area contributed by atoms with Gasteiger partial charge in [0, 0.05) is 12.0 Å². The van der Waals surface area contributed by atoms with E-state index < -0.39 is 24.2 Å². The maximum absolute atomic E-state index is 11.9. The first-order valence-electron chi connectivity index (χ1n) is 3.15. The SMILES string of the molecule is CC(C)(CO)[C@@H](N)C(F)(F)F. The van der Waals surface area contributed by atoms with Crippen LogP contribution in [-0.2, 0) is 0 Å². The Morgan fingerprint density at radius 3 is 1.82 bits per heavy atom. The monoisotopic (exact) mass is 171 g/mol. The third-order valence-electron chi connectivity index (χ3n) is 1.60. The van der Waals surface area contributed by atoms with E-state index in [1.165, 1.54) is 13.8 Å². The summed E-state index contributed by atoms with van der Waals surface area (Å²) >= 11 is 0. The Morgan fingerprint density at radius 1 is 1.36 bits per heavy atom. The van der Waals surface area contributed by atoms with E-state index in [9.17, 15) is 13.2 Å². The molecule has 0 radical (unpaired) electrons. The molecular formula is C6H12F3NO. The Kier molecular flexibility index (Phi) is 2.91. The smallest absolute Gasteiger partial charge is 0.396 e. The van der Waals surface area contributed by atoms with Gasteiger partial charge in [-0.05, 0) is 0 Å². The third kappa shape index (κ3) is 2.67. The van der Waals surface area contributed by atoms with Gasteiger partial charge in [0.05, 0.1) is 0 Å². The van der Waals surface area contributed by atoms with Crippen LogP contribution in [0.15, 0.2) is 0 Å². The van der Waals surface area contributed by atoms with Gasteiger partial charge in [0.15, 0.2) is 0 Å². The lowest BCUT2D eigenvalue weighted by molar-refractivity contribution is -0.174. The van der Waals surface area contributed by atoms with Crippen molar-refractivity contribution in [2.24, 2.45) is 11.1 Å². The van der Waals surface area contributed by atoms with Crippen molar-refractivity contribution in [2.45, 2.75) is 26.1 Å². The van der Waals surface area contributed by atoms with Crippen LogP contribution in [0.25, 0.3) is 0 Å². The first kappa shape index (κ1) is 10.7. The second-order valence-electron chi connectivity index (χ2n) is 3.17. The molecule has 0 aliphatic carbocycles. The normalized spacial score (nSPS) is 16.6. The zero-order valence-corrected chi connectivity index (χ0v) is 6.44. The molecule has 0 unspecified atom stereocenters. The molecule has 0 saturated carbocycles. The van der Waals surface area contributed by atoms with Crippen LogP contribution in [0.2, 0.25) is 0 Å². The number of alkyl halides is 3. The third-order valence-corrected chi connectivity index (χ3v) is 1.60. The fourth-order valence-electron chi connectivity index (χ4n) is 0.541. The topological polar surface area (TPSA) is 46.2 Å². The highest BCUT2D eigenvalue weighted by Gasteiger charge is 2.45. The molecular weight excluding hydrogens is 159 g/mol. The summed E-state index contributed by atoms with van der Waals surface area (Å²) in [5.41, 5.74) is 3.55. The summed E-state index contributed by atoms with van der Waals surface area (Å²) in [6, 6.07) is -1.97. The van der Waals surface area contributed by atoms with Crippen LogP contribution in [0.5, 0.6) is 0 Å². The fourth-order valence-corrected chi connectivity index (χ4v) is 0.541. The summed E-state index contributed by atoms with van der Waals surface area (Å²) in [5.74, 6) is 0. The molecule has 0 rings (SSSR count). The molecule has 0 saturated heterocycles. The highest BCUT2D eigenvalue weighted by molar-refractivity contribution is 4.86. The van der Waals surface area contributed by atoms with E-state index in [2.05, 4.69) is 0 Å². The number of aliphatic hydroxyl groups is 1. The van der Waals surface area contributed by atoms with Gasteiger partial charge < -0.3 is 10.8 Å². The largest absolute Gasteiger partial charge is 0.404 e. The standard InChI is InChI=1S/C6H12F3NO/c1-5(2,3-11)4(10)6(7,8)9/h4,11H,3,10H2,1-2H3/t4-/m1/s1.